The number of ether oxygens (including phenoxy) is 2. The van der Waals surface area contributed by atoms with Crippen LogP contribution in [0.15, 0.2) is 33.4 Å². The molecule has 102 valence electrons. The van der Waals surface area contributed by atoms with Crippen molar-refractivity contribution in [1.82, 2.24) is 5.32 Å². The summed E-state index contributed by atoms with van der Waals surface area (Å²) in [6.07, 6.45) is 0. The molecule has 0 spiro atoms. The van der Waals surface area contributed by atoms with Gasteiger partial charge in [-0.3, -0.25) is 0 Å². The van der Waals surface area contributed by atoms with Crippen molar-refractivity contribution in [1.29, 1.82) is 0 Å². The fourth-order valence-electron chi connectivity index (χ4n) is 2.12. The van der Waals surface area contributed by atoms with Crippen LogP contribution in [0.5, 0.6) is 11.5 Å². The first-order valence-corrected chi connectivity index (χ1v) is 7.56. The third-order valence-corrected chi connectivity index (χ3v) is 4.75. The predicted octanol–water partition coefficient (Wildman–Crippen LogP) is 3.84. The molecule has 3 nitrogen and oxygen atoms in total. The number of nitrogens with one attached hydrogen (secondary N) is 1. The fourth-order valence-corrected chi connectivity index (χ4v) is 3.67. The zero-order chi connectivity index (χ0) is 13.8. The van der Waals surface area contributed by atoms with Gasteiger partial charge in [0.25, 0.3) is 0 Å². The summed E-state index contributed by atoms with van der Waals surface area (Å²) in [5.41, 5.74) is 2.18. The molecule has 1 unspecified atom stereocenters. The minimum absolute atomic E-state index is 0.0201. The molecule has 0 amide bonds. The van der Waals surface area contributed by atoms with Crippen LogP contribution < -0.4 is 14.8 Å². The first kappa shape index (κ1) is 14.4. The average Bonchev–Trinajstić information content (AvgIpc) is 2.86. The van der Waals surface area contributed by atoms with E-state index in [-0.39, 0.29) is 6.04 Å². The number of benzene rings is 1. The zero-order valence-corrected chi connectivity index (χ0v) is 13.5. The van der Waals surface area contributed by atoms with Gasteiger partial charge in [-0.25, -0.2) is 0 Å². The van der Waals surface area contributed by atoms with Crippen molar-refractivity contribution in [3.05, 3.63) is 44.6 Å². The van der Waals surface area contributed by atoms with Gasteiger partial charge in [-0.2, -0.15) is 11.3 Å². The molecule has 1 aromatic carbocycles. The number of hydrogen-bond donors (Lipinski definition) is 1. The molecule has 0 bridgehead atoms. The maximum atomic E-state index is 5.48. The Balaban J connectivity index is 2.57. The highest BCUT2D eigenvalue weighted by atomic mass is 79.9. The largest absolute Gasteiger partial charge is 0.496 e. The van der Waals surface area contributed by atoms with Gasteiger partial charge in [0, 0.05) is 9.85 Å². The van der Waals surface area contributed by atoms with E-state index < -0.39 is 0 Å². The molecule has 2 aromatic rings. The van der Waals surface area contributed by atoms with Crippen LogP contribution in [0.2, 0.25) is 0 Å². The smallest absolute Gasteiger partial charge is 0.127 e. The van der Waals surface area contributed by atoms with Crippen molar-refractivity contribution < 1.29 is 9.47 Å². The molecular weight excluding hydrogens is 326 g/mol. The summed E-state index contributed by atoms with van der Waals surface area (Å²) in [5, 5.41) is 7.52. The number of methoxy groups -OCH3 is 2. The summed E-state index contributed by atoms with van der Waals surface area (Å²) in [5.74, 6) is 1.63. The summed E-state index contributed by atoms with van der Waals surface area (Å²) in [6.45, 7) is 0. The van der Waals surface area contributed by atoms with Gasteiger partial charge in [-0.1, -0.05) is 6.07 Å². The maximum Gasteiger partial charge on any atom is 0.127 e. The van der Waals surface area contributed by atoms with Crippen molar-refractivity contribution in [2.24, 2.45) is 0 Å². The van der Waals surface area contributed by atoms with Crippen LogP contribution in [0.1, 0.15) is 17.2 Å². The molecule has 1 heterocycles. The molecule has 0 fully saturated rings. The molecule has 1 aromatic heterocycles. The lowest BCUT2D eigenvalue weighted by atomic mass is 9.99. The molecule has 5 heteroatoms. The third kappa shape index (κ3) is 2.78. The zero-order valence-electron chi connectivity index (χ0n) is 11.1. The molecule has 0 saturated carbocycles. The molecule has 0 radical (unpaired) electrons. The quantitative estimate of drug-likeness (QED) is 0.896. The molecule has 0 aliphatic rings. The Labute approximate surface area is 125 Å². The second-order valence-electron chi connectivity index (χ2n) is 3.97. The van der Waals surface area contributed by atoms with Crippen molar-refractivity contribution in [2.75, 3.05) is 21.3 Å². The van der Waals surface area contributed by atoms with Crippen LogP contribution in [-0.4, -0.2) is 21.3 Å². The van der Waals surface area contributed by atoms with E-state index in [1.807, 2.05) is 25.2 Å². The Hall–Kier alpha value is -1.04. The topological polar surface area (TPSA) is 30.5 Å². The van der Waals surface area contributed by atoms with E-state index in [4.69, 9.17) is 9.47 Å². The maximum absolute atomic E-state index is 5.48. The van der Waals surface area contributed by atoms with Crippen molar-refractivity contribution in [3.63, 3.8) is 0 Å². The Morgan fingerprint density at radius 1 is 1.16 bits per heavy atom. The van der Waals surface area contributed by atoms with Gasteiger partial charge in [0.1, 0.15) is 11.5 Å². The van der Waals surface area contributed by atoms with E-state index in [9.17, 15) is 0 Å². The van der Waals surface area contributed by atoms with E-state index in [2.05, 4.69) is 32.0 Å². The van der Waals surface area contributed by atoms with Gasteiger partial charge in [0.2, 0.25) is 0 Å². The Morgan fingerprint density at radius 3 is 2.21 bits per heavy atom. The lowest BCUT2D eigenvalue weighted by Crippen LogP contribution is -2.19. The number of hydrogen-bond acceptors (Lipinski definition) is 4. The minimum Gasteiger partial charge on any atom is -0.496 e. The Bertz CT molecular complexity index is 534. The monoisotopic (exact) mass is 341 g/mol. The van der Waals surface area contributed by atoms with Crippen molar-refractivity contribution >= 4 is 27.3 Å². The summed E-state index contributed by atoms with van der Waals surface area (Å²) < 4.78 is 12.0. The number of thiophene rings is 1. The van der Waals surface area contributed by atoms with E-state index in [1.165, 1.54) is 5.56 Å². The molecule has 19 heavy (non-hydrogen) atoms. The summed E-state index contributed by atoms with van der Waals surface area (Å²) >= 11 is 5.25. The van der Waals surface area contributed by atoms with Gasteiger partial charge < -0.3 is 14.8 Å². The van der Waals surface area contributed by atoms with Crippen LogP contribution in [0, 0.1) is 0 Å². The SMILES string of the molecule is CNC(c1cscc1Br)c1c(OC)cccc1OC. The van der Waals surface area contributed by atoms with E-state index in [0.717, 1.165) is 21.5 Å². The van der Waals surface area contributed by atoms with E-state index >= 15 is 0 Å². The second-order valence-corrected chi connectivity index (χ2v) is 5.57. The van der Waals surface area contributed by atoms with E-state index in [0.29, 0.717) is 0 Å². The predicted molar refractivity (Wildman–Crippen MR) is 82.5 cm³/mol. The molecule has 2 rings (SSSR count). The lowest BCUT2D eigenvalue weighted by Gasteiger charge is -2.21. The number of rotatable bonds is 5. The third-order valence-electron chi connectivity index (χ3n) is 3.00. The molecule has 1 atom stereocenters. The lowest BCUT2D eigenvalue weighted by molar-refractivity contribution is 0.379. The summed E-state index contributed by atoms with van der Waals surface area (Å²) in [4.78, 5) is 0. The van der Waals surface area contributed by atoms with Gasteiger partial charge in [-0.15, -0.1) is 0 Å². The molecule has 0 saturated heterocycles. The molecule has 0 aliphatic heterocycles. The van der Waals surface area contributed by atoms with Gasteiger partial charge >= 0.3 is 0 Å². The molecule has 1 N–H and O–H groups in total. The van der Waals surface area contributed by atoms with Crippen molar-refractivity contribution in [3.8, 4) is 11.5 Å². The van der Waals surface area contributed by atoms with Crippen LogP contribution in [-0.2, 0) is 0 Å². The van der Waals surface area contributed by atoms with Gasteiger partial charge in [-0.05, 0) is 46.1 Å². The first-order valence-electron chi connectivity index (χ1n) is 5.82. The highest BCUT2D eigenvalue weighted by molar-refractivity contribution is 9.10. The summed E-state index contributed by atoms with van der Waals surface area (Å²) in [7, 11) is 5.28. The Morgan fingerprint density at radius 2 is 1.79 bits per heavy atom. The number of halogens is 1. The van der Waals surface area contributed by atoms with Crippen LogP contribution in [0.3, 0.4) is 0 Å². The normalized spacial score (nSPS) is 12.2. The highest BCUT2D eigenvalue weighted by Crippen LogP contribution is 2.40. The van der Waals surface area contributed by atoms with Gasteiger partial charge in [0.05, 0.1) is 25.8 Å². The average molecular weight is 342 g/mol. The molecule has 0 aliphatic carbocycles. The van der Waals surface area contributed by atoms with E-state index in [1.54, 1.807) is 25.6 Å². The first-order chi connectivity index (χ1) is 9.22. The minimum atomic E-state index is 0.0201. The van der Waals surface area contributed by atoms with Crippen LogP contribution in [0.25, 0.3) is 0 Å². The molecular formula is C14H16BrNO2S. The van der Waals surface area contributed by atoms with Crippen LogP contribution in [0.4, 0.5) is 0 Å². The van der Waals surface area contributed by atoms with Gasteiger partial charge in [0.15, 0.2) is 0 Å². The van der Waals surface area contributed by atoms with Crippen molar-refractivity contribution in [2.45, 2.75) is 6.04 Å². The fraction of sp³-hybridized carbons (Fsp3) is 0.286. The second kappa shape index (κ2) is 6.41. The van der Waals surface area contributed by atoms with Crippen LogP contribution >= 0.6 is 27.3 Å². The Kier molecular flexibility index (Phi) is 4.85. The summed E-state index contributed by atoms with van der Waals surface area (Å²) in [6, 6.07) is 5.84. The standard InChI is InChI=1S/C14H16BrNO2S/c1-16-14(9-7-19-8-10(9)15)13-11(17-2)5-4-6-12(13)18-3/h4-8,14,16H,1-3H3. The highest BCUT2D eigenvalue weighted by Gasteiger charge is 2.23.